The Morgan fingerprint density at radius 1 is 1.17 bits per heavy atom. The van der Waals surface area contributed by atoms with E-state index in [2.05, 4.69) is 58.9 Å². The molecule has 0 N–H and O–H groups in total. The molecule has 0 fully saturated rings. The van der Waals surface area contributed by atoms with E-state index in [0.29, 0.717) is 0 Å². The van der Waals surface area contributed by atoms with Gasteiger partial charge in [-0.25, -0.2) is 0 Å². The molecule has 0 atom stereocenters. The molecule has 0 aliphatic heterocycles. The van der Waals surface area contributed by atoms with Crippen LogP contribution in [0.5, 0.6) is 0 Å². The van der Waals surface area contributed by atoms with Gasteiger partial charge in [0.25, 0.3) is 0 Å². The van der Waals surface area contributed by atoms with Crippen molar-refractivity contribution < 1.29 is 0 Å². The first-order chi connectivity index (χ1) is 8.52. The maximum Gasteiger partial charge on any atom is 0.0462 e. The molecule has 0 heterocycles. The molecule has 0 bridgehead atoms. The normalized spacial score (nSPS) is 11.5. The van der Waals surface area contributed by atoms with E-state index < -0.39 is 0 Å². The summed E-state index contributed by atoms with van der Waals surface area (Å²) >= 11 is 9.71. The van der Waals surface area contributed by atoms with Gasteiger partial charge in [0, 0.05) is 29.1 Å². The maximum absolute atomic E-state index is 6.27. The van der Waals surface area contributed by atoms with E-state index in [0.717, 1.165) is 35.7 Å². The molecule has 0 aliphatic carbocycles. The molecule has 1 rings (SSSR count). The fraction of sp³-hybridized carbons (Fsp3) is 0.571. The zero-order valence-corrected chi connectivity index (χ0v) is 13.8. The summed E-state index contributed by atoms with van der Waals surface area (Å²) in [6, 6.07) is 6.12. The molecular weight excluding hydrogens is 312 g/mol. The molecule has 0 radical (unpaired) electrons. The number of hydrogen-bond acceptors (Lipinski definition) is 2. The number of halogens is 2. The molecule has 0 spiro atoms. The predicted octanol–water partition coefficient (Wildman–Crippen LogP) is 3.88. The van der Waals surface area contributed by atoms with Crippen molar-refractivity contribution in [1.29, 1.82) is 0 Å². The summed E-state index contributed by atoms with van der Waals surface area (Å²) < 4.78 is 1.03. The summed E-state index contributed by atoms with van der Waals surface area (Å²) in [6.07, 6.45) is 1.17. The van der Waals surface area contributed by atoms with Crippen LogP contribution in [0.3, 0.4) is 0 Å². The Labute approximate surface area is 124 Å². The molecule has 0 aliphatic rings. The Morgan fingerprint density at radius 2 is 1.89 bits per heavy atom. The first kappa shape index (κ1) is 16.0. The van der Waals surface area contributed by atoms with Crippen LogP contribution in [-0.4, -0.2) is 43.5 Å². The molecule has 0 amide bonds. The van der Waals surface area contributed by atoms with Gasteiger partial charge in [-0.15, -0.1) is 0 Å². The van der Waals surface area contributed by atoms with Crippen LogP contribution >= 0.6 is 27.5 Å². The van der Waals surface area contributed by atoms with E-state index in [4.69, 9.17) is 11.6 Å². The zero-order valence-electron chi connectivity index (χ0n) is 11.4. The van der Waals surface area contributed by atoms with Crippen molar-refractivity contribution in [2.24, 2.45) is 0 Å². The minimum atomic E-state index is 0.843. The van der Waals surface area contributed by atoms with Crippen LogP contribution in [-0.2, 0) is 6.54 Å². The largest absolute Gasteiger partial charge is 0.308 e. The molecule has 0 aromatic heterocycles. The lowest BCUT2D eigenvalue weighted by atomic mass is 10.2. The highest BCUT2D eigenvalue weighted by molar-refractivity contribution is 9.10. The van der Waals surface area contributed by atoms with Gasteiger partial charge in [0.1, 0.15) is 0 Å². The number of rotatable bonds is 7. The lowest BCUT2D eigenvalue weighted by Gasteiger charge is -2.24. The quantitative estimate of drug-likeness (QED) is 0.747. The molecule has 1 aromatic carbocycles. The third-order valence-corrected chi connectivity index (χ3v) is 3.66. The van der Waals surface area contributed by atoms with Crippen LogP contribution in [0, 0.1) is 0 Å². The molecule has 0 saturated carbocycles. The van der Waals surface area contributed by atoms with Gasteiger partial charge in [-0.3, -0.25) is 4.90 Å². The van der Waals surface area contributed by atoms with E-state index in [1.807, 2.05) is 6.07 Å². The van der Waals surface area contributed by atoms with Crippen LogP contribution < -0.4 is 0 Å². The second-order valence-corrected chi connectivity index (χ2v) is 6.14. The molecule has 102 valence electrons. The Hall–Kier alpha value is -0.0900. The average molecular weight is 334 g/mol. The maximum atomic E-state index is 6.27. The van der Waals surface area contributed by atoms with Crippen molar-refractivity contribution in [2.75, 3.05) is 33.7 Å². The summed E-state index contributed by atoms with van der Waals surface area (Å²) in [5.41, 5.74) is 1.20. The van der Waals surface area contributed by atoms with Gasteiger partial charge < -0.3 is 4.90 Å². The zero-order chi connectivity index (χ0) is 13.5. The summed E-state index contributed by atoms with van der Waals surface area (Å²) in [4.78, 5) is 4.67. The van der Waals surface area contributed by atoms with Crippen LogP contribution in [0.15, 0.2) is 22.7 Å². The lowest BCUT2D eigenvalue weighted by Crippen LogP contribution is -2.32. The molecular formula is C14H22BrClN2. The Bertz CT molecular complexity index is 369. The van der Waals surface area contributed by atoms with E-state index in [1.165, 1.54) is 12.0 Å². The highest BCUT2D eigenvalue weighted by Gasteiger charge is 2.08. The van der Waals surface area contributed by atoms with E-state index in [-0.39, 0.29) is 0 Å². The standard InChI is InChI=1S/C14H22BrClN2/c1-4-7-18(9-8-17(2)3)11-12-5-6-13(15)10-14(12)16/h5-6,10H,4,7-9,11H2,1-3H3. The van der Waals surface area contributed by atoms with Crippen molar-refractivity contribution in [2.45, 2.75) is 19.9 Å². The SMILES string of the molecule is CCCN(CCN(C)C)Cc1ccc(Br)cc1Cl. The third kappa shape index (κ3) is 5.70. The Balaban J connectivity index is 2.64. The topological polar surface area (TPSA) is 6.48 Å². The Morgan fingerprint density at radius 3 is 2.44 bits per heavy atom. The average Bonchev–Trinajstić information content (AvgIpc) is 2.29. The molecule has 1 aromatic rings. The van der Waals surface area contributed by atoms with Crippen molar-refractivity contribution in [3.8, 4) is 0 Å². The van der Waals surface area contributed by atoms with Gasteiger partial charge in [-0.2, -0.15) is 0 Å². The van der Waals surface area contributed by atoms with Gasteiger partial charge in [0.15, 0.2) is 0 Å². The first-order valence-electron chi connectivity index (χ1n) is 6.34. The summed E-state index contributed by atoms with van der Waals surface area (Å²) in [6.45, 7) is 6.40. The number of likely N-dealkylation sites (N-methyl/N-ethyl adjacent to an activating group) is 1. The van der Waals surface area contributed by atoms with Gasteiger partial charge in [0.2, 0.25) is 0 Å². The van der Waals surface area contributed by atoms with Crippen molar-refractivity contribution in [3.05, 3.63) is 33.3 Å². The Kier molecular flexibility index (Phi) is 7.23. The highest BCUT2D eigenvalue weighted by atomic mass is 79.9. The minimum Gasteiger partial charge on any atom is -0.308 e. The summed E-state index contributed by atoms with van der Waals surface area (Å²) in [7, 11) is 4.22. The van der Waals surface area contributed by atoms with Crippen LogP contribution in [0.1, 0.15) is 18.9 Å². The van der Waals surface area contributed by atoms with Gasteiger partial charge in [0.05, 0.1) is 0 Å². The monoisotopic (exact) mass is 332 g/mol. The smallest absolute Gasteiger partial charge is 0.0462 e. The molecule has 2 nitrogen and oxygen atoms in total. The van der Waals surface area contributed by atoms with E-state index in [9.17, 15) is 0 Å². The van der Waals surface area contributed by atoms with Gasteiger partial charge in [-0.05, 0) is 44.8 Å². The van der Waals surface area contributed by atoms with Gasteiger partial charge in [-0.1, -0.05) is 40.5 Å². The van der Waals surface area contributed by atoms with Crippen LogP contribution in [0.25, 0.3) is 0 Å². The van der Waals surface area contributed by atoms with Gasteiger partial charge >= 0.3 is 0 Å². The second kappa shape index (κ2) is 8.16. The molecule has 0 saturated heterocycles. The fourth-order valence-corrected chi connectivity index (χ4v) is 2.55. The fourth-order valence-electron chi connectivity index (χ4n) is 1.82. The van der Waals surface area contributed by atoms with Crippen LogP contribution in [0.4, 0.5) is 0 Å². The summed E-state index contributed by atoms with van der Waals surface area (Å²) in [5.74, 6) is 0. The van der Waals surface area contributed by atoms with Crippen molar-refractivity contribution in [1.82, 2.24) is 9.80 Å². The molecule has 0 unspecified atom stereocenters. The van der Waals surface area contributed by atoms with Crippen molar-refractivity contribution in [3.63, 3.8) is 0 Å². The highest BCUT2D eigenvalue weighted by Crippen LogP contribution is 2.22. The van der Waals surface area contributed by atoms with E-state index in [1.54, 1.807) is 0 Å². The third-order valence-electron chi connectivity index (χ3n) is 2.81. The summed E-state index contributed by atoms with van der Waals surface area (Å²) in [5, 5.41) is 0.843. The number of nitrogens with zero attached hydrogens (tertiary/aromatic N) is 2. The number of benzene rings is 1. The number of hydrogen-bond donors (Lipinski definition) is 0. The molecule has 4 heteroatoms. The van der Waals surface area contributed by atoms with Crippen molar-refractivity contribution >= 4 is 27.5 Å². The predicted molar refractivity (Wildman–Crippen MR) is 83.3 cm³/mol. The first-order valence-corrected chi connectivity index (χ1v) is 7.51. The second-order valence-electron chi connectivity index (χ2n) is 4.82. The van der Waals surface area contributed by atoms with E-state index >= 15 is 0 Å². The van der Waals surface area contributed by atoms with Crippen LogP contribution in [0.2, 0.25) is 5.02 Å². The molecule has 18 heavy (non-hydrogen) atoms. The lowest BCUT2D eigenvalue weighted by molar-refractivity contribution is 0.234. The minimum absolute atomic E-state index is 0.843.